The molecule has 0 amide bonds. The van der Waals surface area contributed by atoms with Crippen LogP contribution in [0.5, 0.6) is 0 Å². The quantitative estimate of drug-likeness (QED) is 0.495. The Balaban J connectivity index is 3.35. The average Bonchev–Trinajstić information content (AvgIpc) is 2.34. The van der Waals surface area contributed by atoms with Crippen molar-refractivity contribution in [2.45, 2.75) is 19.8 Å². The van der Waals surface area contributed by atoms with E-state index in [-0.39, 0.29) is 0 Å². The van der Waals surface area contributed by atoms with Gasteiger partial charge in [-0.3, -0.25) is 0 Å². The van der Waals surface area contributed by atoms with Gasteiger partial charge in [0.25, 0.3) is 0 Å². The van der Waals surface area contributed by atoms with Gasteiger partial charge in [-0.1, -0.05) is 6.92 Å². The van der Waals surface area contributed by atoms with Crippen molar-refractivity contribution >= 4 is 10.0 Å². The molecule has 0 saturated heterocycles. The van der Waals surface area contributed by atoms with Gasteiger partial charge in [0.1, 0.15) is 0 Å². The van der Waals surface area contributed by atoms with Gasteiger partial charge in [-0.25, -0.2) is 12.7 Å². The maximum absolute atomic E-state index is 11.3. The van der Waals surface area contributed by atoms with Gasteiger partial charge in [-0.2, -0.15) is 0 Å². The molecule has 0 unspecified atom stereocenters. The SMILES string of the molecule is CCN(CCCNCCCOCCOC)S(C)(=O)=O. The van der Waals surface area contributed by atoms with E-state index in [0.29, 0.717) is 26.3 Å². The zero-order chi connectivity index (χ0) is 14.6. The maximum Gasteiger partial charge on any atom is 0.211 e. The smallest absolute Gasteiger partial charge is 0.211 e. The first-order valence-corrected chi connectivity index (χ1v) is 8.59. The van der Waals surface area contributed by atoms with Crippen molar-refractivity contribution in [3.63, 3.8) is 0 Å². The molecular weight excluding hydrogens is 268 g/mol. The van der Waals surface area contributed by atoms with Crippen molar-refractivity contribution < 1.29 is 17.9 Å². The van der Waals surface area contributed by atoms with Crippen LogP contribution in [0.3, 0.4) is 0 Å². The molecule has 0 aliphatic heterocycles. The molecule has 0 heterocycles. The molecule has 0 aromatic carbocycles. The third kappa shape index (κ3) is 11.3. The zero-order valence-electron chi connectivity index (χ0n) is 12.4. The molecule has 0 aromatic rings. The van der Waals surface area contributed by atoms with Crippen molar-refractivity contribution in [2.75, 3.05) is 59.4 Å². The van der Waals surface area contributed by atoms with Crippen LogP contribution in [0.4, 0.5) is 0 Å². The van der Waals surface area contributed by atoms with Crippen LogP contribution in [-0.4, -0.2) is 72.1 Å². The summed E-state index contributed by atoms with van der Waals surface area (Å²) < 4.78 is 34.3. The molecule has 0 radical (unpaired) electrons. The molecule has 0 aliphatic carbocycles. The summed E-state index contributed by atoms with van der Waals surface area (Å²) in [6.07, 6.45) is 3.03. The lowest BCUT2D eigenvalue weighted by atomic mass is 10.4. The van der Waals surface area contributed by atoms with E-state index >= 15 is 0 Å². The first kappa shape index (κ1) is 18.8. The Morgan fingerprint density at radius 2 is 1.79 bits per heavy atom. The summed E-state index contributed by atoms with van der Waals surface area (Å²) in [6, 6.07) is 0. The lowest BCUT2D eigenvalue weighted by Crippen LogP contribution is -2.32. The number of rotatable bonds is 13. The van der Waals surface area contributed by atoms with Crippen LogP contribution in [-0.2, 0) is 19.5 Å². The lowest BCUT2D eigenvalue weighted by molar-refractivity contribution is 0.0695. The number of hydrogen-bond acceptors (Lipinski definition) is 5. The van der Waals surface area contributed by atoms with E-state index in [1.165, 1.54) is 10.6 Å². The van der Waals surface area contributed by atoms with E-state index in [1.54, 1.807) is 7.11 Å². The van der Waals surface area contributed by atoms with Gasteiger partial charge < -0.3 is 14.8 Å². The highest BCUT2D eigenvalue weighted by Crippen LogP contribution is 1.98. The standard InChI is InChI=1S/C12H28N2O4S/c1-4-14(19(3,15)16)9-5-7-13-8-6-10-18-12-11-17-2/h13H,4-12H2,1-3H3. The summed E-state index contributed by atoms with van der Waals surface area (Å²) in [5.41, 5.74) is 0. The van der Waals surface area contributed by atoms with Crippen LogP contribution >= 0.6 is 0 Å². The molecule has 0 aliphatic rings. The van der Waals surface area contributed by atoms with Crippen LogP contribution in [0.1, 0.15) is 19.8 Å². The topological polar surface area (TPSA) is 67.9 Å². The number of nitrogens with one attached hydrogen (secondary N) is 1. The van der Waals surface area contributed by atoms with Gasteiger partial charge in [0.15, 0.2) is 0 Å². The van der Waals surface area contributed by atoms with Gasteiger partial charge in [0.2, 0.25) is 10.0 Å². The van der Waals surface area contributed by atoms with Crippen LogP contribution in [0.2, 0.25) is 0 Å². The minimum atomic E-state index is -3.05. The first-order valence-electron chi connectivity index (χ1n) is 6.75. The molecule has 0 bridgehead atoms. The number of nitrogens with zero attached hydrogens (tertiary/aromatic N) is 1. The van der Waals surface area contributed by atoms with E-state index in [4.69, 9.17) is 9.47 Å². The molecule has 0 spiro atoms. The molecule has 116 valence electrons. The summed E-state index contributed by atoms with van der Waals surface area (Å²) in [5, 5.41) is 3.27. The predicted molar refractivity (Wildman–Crippen MR) is 76.9 cm³/mol. The normalized spacial score (nSPS) is 12.2. The molecule has 0 saturated carbocycles. The molecule has 1 N–H and O–H groups in total. The fraction of sp³-hybridized carbons (Fsp3) is 1.00. The highest BCUT2D eigenvalue weighted by Gasteiger charge is 2.12. The predicted octanol–water partition coefficient (Wildman–Crippen LogP) is 0.301. The Morgan fingerprint density at radius 1 is 1.11 bits per heavy atom. The van der Waals surface area contributed by atoms with Gasteiger partial charge in [-0.05, 0) is 25.9 Å². The maximum atomic E-state index is 11.3. The van der Waals surface area contributed by atoms with E-state index in [1.807, 2.05) is 6.92 Å². The Kier molecular flexibility index (Phi) is 11.5. The number of methoxy groups -OCH3 is 1. The molecule has 19 heavy (non-hydrogen) atoms. The Labute approximate surface area is 117 Å². The van der Waals surface area contributed by atoms with Crippen molar-refractivity contribution in [1.29, 1.82) is 0 Å². The number of ether oxygens (including phenoxy) is 2. The van der Waals surface area contributed by atoms with Crippen LogP contribution in [0, 0.1) is 0 Å². The number of hydrogen-bond donors (Lipinski definition) is 1. The fourth-order valence-corrected chi connectivity index (χ4v) is 2.54. The largest absolute Gasteiger partial charge is 0.382 e. The van der Waals surface area contributed by atoms with Crippen LogP contribution in [0.15, 0.2) is 0 Å². The second-order valence-corrected chi connectivity index (χ2v) is 6.30. The van der Waals surface area contributed by atoms with Crippen molar-refractivity contribution in [2.24, 2.45) is 0 Å². The summed E-state index contributed by atoms with van der Waals surface area (Å²) >= 11 is 0. The molecular formula is C12H28N2O4S. The molecule has 6 nitrogen and oxygen atoms in total. The summed E-state index contributed by atoms with van der Waals surface area (Å²) in [6.45, 7) is 6.66. The third-order valence-electron chi connectivity index (χ3n) is 2.66. The highest BCUT2D eigenvalue weighted by molar-refractivity contribution is 7.88. The molecule has 0 rings (SSSR count). The van der Waals surface area contributed by atoms with Gasteiger partial charge in [0.05, 0.1) is 19.5 Å². The van der Waals surface area contributed by atoms with Crippen LogP contribution < -0.4 is 5.32 Å². The van der Waals surface area contributed by atoms with E-state index in [9.17, 15) is 8.42 Å². The Morgan fingerprint density at radius 3 is 2.37 bits per heavy atom. The van der Waals surface area contributed by atoms with Crippen molar-refractivity contribution in [3.05, 3.63) is 0 Å². The average molecular weight is 296 g/mol. The number of sulfonamides is 1. The van der Waals surface area contributed by atoms with E-state index in [2.05, 4.69) is 5.32 Å². The van der Waals surface area contributed by atoms with Crippen LogP contribution in [0.25, 0.3) is 0 Å². The van der Waals surface area contributed by atoms with Gasteiger partial charge in [-0.15, -0.1) is 0 Å². The van der Waals surface area contributed by atoms with E-state index < -0.39 is 10.0 Å². The Hall–Kier alpha value is -0.210. The lowest BCUT2D eigenvalue weighted by Gasteiger charge is -2.17. The summed E-state index contributed by atoms with van der Waals surface area (Å²) in [7, 11) is -1.40. The van der Waals surface area contributed by atoms with E-state index in [0.717, 1.165) is 32.5 Å². The second kappa shape index (κ2) is 11.6. The zero-order valence-corrected chi connectivity index (χ0v) is 13.2. The second-order valence-electron chi connectivity index (χ2n) is 4.32. The molecule has 0 fully saturated rings. The monoisotopic (exact) mass is 296 g/mol. The minimum absolute atomic E-state index is 0.534. The highest BCUT2D eigenvalue weighted by atomic mass is 32.2. The van der Waals surface area contributed by atoms with Crippen molar-refractivity contribution in [3.8, 4) is 0 Å². The Bertz CT molecular complexity index is 296. The molecule has 0 atom stereocenters. The molecule has 0 aromatic heterocycles. The third-order valence-corrected chi connectivity index (χ3v) is 4.04. The van der Waals surface area contributed by atoms with Gasteiger partial charge in [0, 0.05) is 26.8 Å². The summed E-state index contributed by atoms with van der Waals surface area (Å²) in [4.78, 5) is 0. The minimum Gasteiger partial charge on any atom is -0.382 e. The van der Waals surface area contributed by atoms with Crippen molar-refractivity contribution in [1.82, 2.24) is 9.62 Å². The van der Waals surface area contributed by atoms with Gasteiger partial charge >= 0.3 is 0 Å². The summed E-state index contributed by atoms with van der Waals surface area (Å²) in [5.74, 6) is 0. The molecule has 7 heteroatoms. The first-order chi connectivity index (χ1) is 9.02. The fourth-order valence-electron chi connectivity index (χ4n) is 1.61.